The largest absolute Gasteiger partial charge is 0.317 e. The highest BCUT2D eigenvalue weighted by atomic mass is 16.2. The molecule has 0 saturated heterocycles. The van der Waals surface area contributed by atoms with Crippen molar-refractivity contribution in [1.82, 2.24) is 25.1 Å². The number of nitriles is 1. The Balaban J connectivity index is 1.11. The SMILES string of the molecule is Cn1cnnc1-c1cc(C#N)ccc1-c1cc(C2CC2)nc(N2Cc3ccc(CNCC45CC(C4)C5)cc3C2=O)c1. The van der Waals surface area contributed by atoms with E-state index in [9.17, 15) is 10.1 Å². The fraction of sp³-hybridized carbons (Fsp3) is 0.364. The van der Waals surface area contributed by atoms with Crippen LogP contribution in [0.3, 0.4) is 0 Å². The molecule has 4 aromatic rings. The Labute approximate surface area is 239 Å². The Kier molecular flexibility index (Phi) is 5.42. The molecule has 2 aromatic heterocycles. The van der Waals surface area contributed by atoms with Crippen molar-refractivity contribution in [2.75, 3.05) is 11.4 Å². The summed E-state index contributed by atoms with van der Waals surface area (Å²) in [7, 11) is 1.89. The number of benzene rings is 2. The molecule has 4 aliphatic carbocycles. The standard InChI is InChI=1S/C33H31N7O/c1-39-19-36-38-31(39)28-8-20(15-34)3-7-26(28)25-10-29(23-5-6-23)37-30(11-25)40-17-24-4-2-21(9-27(24)32(40)41)16-35-18-33-12-22(13-33)14-33/h2-4,7-11,19,22-23,35H,5-6,12-14,16-18H2,1H3. The van der Waals surface area contributed by atoms with E-state index in [1.165, 1.54) is 19.3 Å². The summed E-state index contributed by atoms with van der Waals surface area (Å²) in [5.41, 5.74) is 7.81. The van der Waals surface area contributed by atoms with Crippen molar-refractivity contribution >= 4 is 11.7 Å². The zero-order valence-electron chi connectivity index (χ0n) is 23.1. The van der Waals surface area contributed by atoms with E-state index in [1.807, 2.05) is 40.8 Å². The van der Waals surface area contributed by atoms with Crippen LogP contribution in [-0.4, -0.2) is 32.2 Å². The summed E-state index contributed by atoms with van der Waals surface area (Å²) in [6, 6.07) is 18.3. The lowest BCUT2D eigenvalue weighted by molar-refractivity contribution is -0.103. The van der Waals surface area contributed by atoms with E-state index >= 15 is 0 Å². The highest BCUT2D eigenvalue weighted by Gasteiger charge is 2.55. The number of rotatable bonds is 8. The van der Waals surface area contributed by atoms with Crippen LogP contribution in [0.1, 0.15) is 70.8 Å². The van der Waals surface area contributed by atoms with Crippen molar-refractivity contribution in [3.63, 3.8) is 0 Å². The monoisotopic (exact) mass is 541 g/mol. The van der Waals surface area contributed by atoms with Crippen LogP contribution in [-0.2, 0) is 20.1 Å². The minimum Gasteiger partial charge on any atom is -0.317 e. The van der Waals surface area contributed by atoms with E-state index < -0.39 is 0 Å². The summed E-state index contributed by atoms with van der Waals surface area (Å²) in [5, 5.41) is 21.6. The van der Waals surface area contributed by atoms with E-state index in [0.29, 0.717) is 35.1 Å². The van der Waals surface area contributed by atoms with Gasteiger partial charge in [-0.25, -0.2) is 4.98 Å². The summed E-state index contributed by atoms with van der Waals surface area (Å²) >= 11 is 0. The molecule has 1 N–H and O–H groups in total. The van der Waals surface area contributed by atoms with Gasteiger partial charge in [-0.05, 0) is 96.0 Å². The zero-order valence-corrected chi connectivity index (χ0v) is 23.1. The molecule has 4 fully saturated rings. The van der Waals surface area contributed by atoms with E-state index in [-0.39, 0.29) is 5.91 Å². The maximum absolute atomic E-state index is 13.8. The van der Waals surface area contributed by atoms with E-state index in [2.05, 4.69) is 45.8 Å². The molecule has 3 heterocycles. The smallest absolute Gasteiger partial charge is 0.260 e. The molecule has 2 aromatic carbocycles. The summed E-state index contributed by atoms with van der Waals surface area (Å²) in [6.07, 6.45) is 8.02. The minimum absolute atomic E-state index is 0.000946. The molecule has 1 aliphatic heterocycles. The average molecular weight is 542 g/mol. The van der Waals surface area contributed by atoms with Crippen LogP contribution in [0, 0.1) is 22.7 Å². The molecule has 2 bridgehead atoms. The maximum Gasteiger partial charge on any atom is 0.260 e. The normalized spacial score (nSPS) is 22.2. The molecule has 4 saturated carbocycles. The molecule has 0 spiro atoms. The van der Waals surface area contributed by atoms with Crippen molar-refractivity contribution in [3.8, 4) is 28.6 Å². The number of amides is 1. The van der Waals surface area contributed by atoms with Gasteiger partial charge in [-0.1, -0.05) is 18.2 Å². The molecule has 1 amide bonds. The van der Waals surface area contributed by atoms with Gasteiger partial charge in [0, 0.05) is 42.9 Å². The van der Waals surface area contributed by atoms with Crippen LogP contribution in [0.25, 0.3) is 22.5 Å². The molecule has 0 atom stereocenters. The Morgan fingerprint density at radius 1 is 1.05 bits per heavy atom. The van der Waals surface area contributed by atoms with Crippen molar-refractivity contribution in [3.05, 3.63) is 82.8 Å². The maximum atomic E-state index is 13.8. The average Bonchev–Trinajstić information content (AvgIpc) is 3.64. The number of fused-ring (bicyclic) bond motifs is 1. The minimum atomic E-state index is 0.000946. The topological polar surface area (TPSA) is 99.7 Å². The van der Waals surface area contributed by atoms with Gasteiger partial charge in [0.15, 0.2) is 5.82 Å². The first-order valence-electron chi connectivity index (χ1n) is 14.5. The highest BCUT2D eigenvalue weighted by molar-refractivity contribution is 6.10. The molecule has 204 valence electrons. The van der Waals surface area contributed by atoms with Crippen molar-refractivity contribution in [1.29, 1.82) is 5.26 Å². The first-order valence-corrected chi connectivity index (χ1v) is 14.5. The number of nitrogens with one attached hydrogen (secondary N) is 1. The molecule has 8 heteroatoms. The Hall–Kier alpha value is -4.35. The van der Waals surface area contributed by atoms with E-state index in [1.54, 1.807) is 6.33 Å². The molecular formula is C33H31N7O. The molecule has 0 unspecified atom stereocenters. The lowest BCUT2D eigenvalue weighted by Gasteiger charge is -2.62. The third-order valence-corrected chi connectivity index (χ3v) is 9.49. The molecule has 41 heavy (non-hydrogen) atoms. The number of aryl methyl sites for hydroxylation is 1. The number of carbonyl (C=O) groups is 1. The third kappa shape index (κ3) is 4.15. The fourth-order valence-electron chi connectivity index (χ4n) is 6.99. The summed E-state index contributed by atoms with van der Waals surface area (Å²) in [5.74, 6) is 2.75. The number of anilines is 1. The van der Waals surface area contributed by atoms with Crippen molar-refractivity contribution in [2.24, 2.45) is 18.4 Å². The number of hydrogen-bond donors (Lipinski definition) is 1. The predicted molar refractivity (Wildman–Crippen MR) is 155 cm³/mol. The van der Waals surface area contributed by atoms with Crippen LogP contribution in [0.5, 0.6) is 0 Å². The molecular weight excluding hydrogens is 510 g/mol. The Bertz CT molecular complexity index is 1740. The van der Waals surface area contributed by atoms with Crippen LogP contribution in [0.4, 0.5) is 5.82 Å². The number of carbonyl (C=O) groups excluding carboxylic acids is 1. The lowest BCUT2D eigenvalue weighted by Crippen LogP contribution is -2.56. The van der Waals surface area contributed by atoms with Crippen molar-refractivity contribution in [2.45, 2.75) is 51.1 Å². The van der Waals surface area contributed by atoms with Gasteiger partial charge < -0.3 is 9.88 Å². The van der Waals surface area contributed by atoms with E-state index in [0.717, 1.165) is 70.9 Å². The van der Waals surface area contributed by atoms with Crippen LogP contribution < -0.4 is 10.2 Å². The molecule has 8 nitrogen and oxygen atoms in total. The zero-order chi connectivity index (χ0) is 27.7. The first kappa shape index (κ1) is 24.4. The second kappa shape index (κ2) is 9.08. The Morgan fingerprint density at radius 3 is 2.61 bits per heavy atom. The lowest BCUT2D eigenvalue weighted by atomic mass is 9.44. The van der Waals surface area contributed by atoms with Gasteiger partial charge in [0.05, 0.1) is 18.2 Å². The first-order chi connectivity index (χ1) is 20.0. The van der Waals surface area contributed by atoms with Gasteiger partial charge in [-0.15, -0.1) is 10.2 Å². The number of nitrogens with zero attached hydrogens (tertiary/aromatic N) is 6. The fourth-order valence-corrected chi connectivity index (χ4v) is 6.99. The quantitative estimate of drug-likeness (QED) is 0.323. The van der Waals surface area contributed by atoms with Crippen LogP contribution in [0.15, 0.2) is 54.9 Å². The second-order valence-electron chi connectivity index (χ2n) is 12.5. The van der Waals surface area contributed by atoms with Gasteiger partial charge >= 0.3 is 0 Å². The number of hydrogen-bond acceptors (Lipinski definition) is 6. The van der Waals surface area contributed by atoms with Gasteiger partial charge in [-0.3, -0.25) is 9.69 Å². The van der Waals surface area contributed by atoms with E-state index in [4.69, 9.17) is 4.98 Å². The summed E-state index contributed by atoms with van der Waals surface area (Å²) < 4.78 is 1.85. The summed E-state index contributed by atoms with van der Waals surface area (Å²) in [6.45, 7) is 2.37. The molecule has 5 aliphatic rings. The predicted octanol–water partition coefficient (Wildman–Crippen LogP) is 5.34. The Morgan fingerprint density at radius 2 is 1.90 bits per heavy atom. The summed E-state index contributed by atoms with van der Waals surface area (Å²) in [4.78, 5) is 20.6. The van der Waals surface area contributed by atoms with Gasteiger partial charge in [0.1, 0.15) is 12.1 Å². The highest BCUT2D eigenvalue weighted by Crippen LogP contribution is 2.63. The third-order valence-electron chi connectivity index (χ3n) is 9.49. The second-order valence-corrected chi connectivity index (χ2v) is 12.5. The van der Waals surface area contributed by atoms with Crippen LogP contribution >= 0.6 is 0 Å². The number of pyridine rings is 1. The van der Waals surface area contributed by atoms with Crippen LogP contribution in [0.2, 0.25) is 0 Å². The van der Waals surface area contributed by atoms with Crippen molar-refractivity contribution < 1.29 is 4.79 Å². The van der Waals surface area contributed by atoms with Gasteiger partial charge in [-0.2, -0.15) is 5.26 Å². The van der Waals surface area contributed by atoms with Gasteiger partial charge in [0.2, 0.25) is 0 Å². The molecule has 0 radical (unpaired) electrons. The molecule has 9 rings (SSSR count). The number of aromatic nitrogens is 4. The van der Waals surface area contributed by atoms with Gasteiger partial charge in [0.25, 0.3) is 5.91 Å².